The summed E-state index contributed by atoms with van der Waals surface area (Å²) in [7, 11) is 1.78. The largest absolute Gasteiger partial charge is 0.508 e. The Morgan fingerprint density at radius 3 is 2.56 bits per heavy atom. The van der Waals surface area contributed by atoms with Gasteiger partial charge in [0, 0.05) is 28.7 Å². The van der Waals surface area contributed by atoms with E-state index in [9.17, 15) is 5.11 Å². The Hall–Kier alpha value is -1.49. The number of nitrogens with zero attached hydrogens (tertiary/aromatic N) is 2. The van der Waals surface area contributed by atoms with Crippen molar-refractivity contribution in [1.82, 2.24) is 9.78 Å². The number of rotatable bonds is 1. The third-order valence-corrected chi connectivity index (χ3v) is 3.35. The molecule has 0 radical (unpaired) electrons. The average molecular weight is 282 g/mol. The molecule has 0 unspecified atom stereocenters. The van der Waals surface area contributed by atoms with Crippen LogP contribution in [0.5, 0.6) is 5.75 Å². The van der Waals surface area contributed by atoms with Gasteiger partial charge in [-0.2, -0.15) is 5.10 Å². The SMILES string of the molecule is Cc1c(O)cc(-c2cc(N)n(C)n2)cc1Br. The van der Waals surface area contributed by atoms with Crippen molar-refractivity contribution in [2.24, 2.45) is 7.05 Å². The number of nitrogen functional groups attached to an aromatic ring is 1. The van der Waals surface area contributed by atoms with Crippen LogP contribution in [0.4, 0.5) is 5.82 Å². The molecule has 5 heteroatoms. The minimum Gasteiger partial charge on any atom is -0.508 e. The molecule has 0 spiro atoms. The van der Waals surface area contributed by atoms with Gasteiger partial charge in [0.15, 0.2) is 0 Å². The number of aryl methyl sites for hydroxylation is 1. The van der Waals surface area contributed by atoms with Crippen molar-refractivity contribution in [3.8, 4) is 17.0 Å². The summed E-state index contributed by atoms with van der Waals surface area (Å²) in [6, 6.07) is 5.37. The summed E-state index contributed by atoms with van der Waals surface area (Å²) < 4.78 is 2.45. The van der Waals surface area contributed by atoms with Crippen LogP contribution in [-0.2, 0) is 7.05 Å². The van der Waals surface area contributed by atoms with Crippen LogP contribution in [0.25, 0.3) is 11.3 Å². The molecule has 1 heterocycles. The van der Waals surface area contributed by atoms with Gasteiger partial charge in [-0.15, -0.1) is 0 Å². The van der Waals surface area contributed by atoms with Crippen LogP contribution < -0.4 is 5.73 Å². The Morgan fingerprint density at radius 2 is 2.06 bits per heavy atom. The number of phenols is 1. The molecule has 84 valence electrons. The summed E-state index contributed by atoms with van der Waals surface area (Å²) in [6.07, 6.45) is 0. The van der Waals surface area contributed by atoms with E-state index in [-0.39, 0.29) is 5.75 Å². The Labute approximate surface area is 102 Å². The molecule has 1 aromatic heterocycles. The minimum atomic E-state index is 0.244. The lowest BCUT2D eigenvalue weighted by atomic mass is 10.1. The molecule has 0 aliphatic rings. The fourth-order valence-corrected chi connectivity index (χ4v) is 1.88. The first-order chi connectivity index (χ1) is 7.49. The van der Waals surface area contributed by atoms with Crippen LogP contribution in [0.15, 0.2) is 22.7 Å². The Kier molecular flexibility index (Phi) is 2.63. The molecule has 4 nitrogen and oxygen atoms in total. The Morgan fingerprint density at radius 1 is 1.38 bits per heavy atom. The van der Waals surface area contributed by atoms with Crippen molar-refractivity contribution in [2.45, 2.75) is 6.92 Å². The lowest BCUT2D eigenvalue weighted by molar-refractivity contribution is 0.471. The van der Waals surface area contributed by atoms with E-state index in [1.165, 1.54) is 0 Å². The maximum atomic E-state index is 9.72. The van der Waals surface area contributed by atoms with Crippen molar-refractivity contribution in [2.75, 3.05) is 5.73 Å². The van der Waals surface area contributed by atoms with Gasteiger partial charge < -0.3 is 10.8 Å². The van der Waals surface area contributed by atoms with Crippen LogP contribution in [0, 0.1) is 6.92 Å². The first kappa shape index (κ1) is 11.0. The zero-order chi connectivity index (χ0) is 11.9. The number of phenolic OH excluding ortho intramolecular Hbond substituents is 1. The molecule has 0 saturated carbocycles. The van der Waals surface area contributed by atoms with Gasteiger partial charge in [-0.25, -0.2) is 0 Å². The third kappa shape index (κ3) is 1.78. The van der Waals surface area contributed by atoms with E-state index in [0.717, 1.165) is 21.3 Å². The molecule has 16 heavy (non-hydrogen) atoms. The normalized spacial score (nSPS) is 10.7. The lowest BCUT2D eigenvalue weighted by Gasteiger charge is -2.04. The monoisotopic (exact) mass is 281 g/mol. The van der Waals surface area contributed by atoms with E-state index in [2.05, 4.69) is 21.0 Å². The van der Waals surface area contributed by atoms with Gasteiger partial charge in [-0.05, 0) is 19.1 Å². The van der Waals surface area contributed by atoms with E-state index in [1.54, 1.807) is 23.9 Å². The highest BCUT2D eigenvalue weighted by Gasteiger charge is 2.09. The fraction of sp³-hybridized carbons (Fsp3) is 0.182. The van der Waals surface area contributed by atoms with E-state index in [0.29, 0.717) is 5.82 Å². The molecule has 0 aliphatic heterocycles. The quantitative estimate of drug-likeness (QED) is 0.844. The smallest absolute Gasteiger partial charge is 0.121 e. The van der Waals surface area contributed by atoms with E-state index >= 15 is 0 Å². The predicted octanol–water partition coefficient (Wildman–Crippen LogP) is 2.45. The third-order valence-electron chi connectivity index (χ3n) is 2.53. The van der Waals surface area contributed by atoms with Gasteiger partial charge in [0.1, 0.15) is 11.6 Å². The topological polar surface area (TPSA) is 64.1 Å². The molecule has 2 aromatic rings. The van der Waals surface area contributed by atoms with Crippen LogP contribution in [0.2, 0.25) is 0 Å². The van der Waals surface area contributed by atoms with Gasteiger partial charge >= 0.3 is 0 Å². The number of aromatic nitrogens is 2. The highest BCUT2D eigenvalue weighted by Crippen LogP contribution is 2.32. The second-order valence-corrected chi connectivity index (χ2v) is 4.53. The fourth-order valence-electron chi connectivity index (χ4n) is 1.43. The number of halogens is 1. The molecule has 0 fully saturated rings. The Balaban J connectivity index is 2.56. The lowest BCUT2D eigenvalue weighted by Crippen LogP contribution is -1.96. The van der Waals surface area contributed by atoms with Crippen molar-refractivity contribution in [3.05, 3.63) is 28.2 Å². The highest BCUT2D eigenvalue weighted by molar-refractivity contribution is 9.10. The van der Waals surface area contributed by atoms with Gasteiger partial charge in [0.2, 0.25) is 0 Å². The zero-order valence-corrected chi connectivity index (χ0v) is 10.6. The summed E-state index contributed by atoms with van der Waals surface area (Å²) in [5.74, 6) is 0.833. The summed E-state index contributed by atoms with van der Waals surface area (Å²) in [5.41, 5.74) is 8.10. The van der Waals surface area contributed by atoms with E-state index in [4.69, 9.17) is 5.73 Å². The van der Waals surface area contributed by atoms with Gasteiger partial charge in [0.25, 0.3) is 0 Å². The minimum absolute atomic E-state index is 0.244. The zero-order valence-electron chi connectivity index (χ0n) is 9.03. The van der Waals surface area contributed by atoms with Gasteiger partial charge in [-0.3, -0.25) is 4.68 Å². The number of nitrogens with two attached hydrogens (primary N) is 1. The van der Waals surface area contributed by atoms with Crippen LogP contribution in [0.1, 0.15) is 5.56 Å². The summed E-state index contributed by atoms with van der Waals surface area (Å²) >= 11 is 3.39. The Bertz CT molecular complexity index is 506. The van der Waals surface area contributed by atoms with Crippen molar-refractivity contribution in [3.63, 3.8) is 0 Å². The second-order valence-electron chi connectivity index (χ2n) is 3.68. The summed E-state index contributed by atoms with van der Waals surface area (Å²) in [4.78, 5) is 0. The molecule has 2 rings (SSSR count). The molecule has 1 aromatic carbocycles. The maximum absolute atomic E-state index is 9.72. The molecular weight excluding hydrogens is 270 g/mol. The van der Waals surface area contributed by atoms with Crippen LogP contribution in [-0.4, -0.2) is 14.9 Å². The molecule has 0 bridgehead atoms. The van der Waals surface area contributed by atoms with Crippen LogP contribution in [0.3, 0.4) is 0 Å². The average Bonchev–Trinajstić information content (AvgIpc) is 2.55. The highest BCUT2D eigenvalue weighted by atomic mass is 79.9. The standard InChI is InChI=1S/C11H12BrN3O/c1-6-8(12)3-7(4-10(6)16)9-5-11(13)15(2)14-9/h3-5,16H,13H2,1-2H3. The number of aromatic hydroxyl groups is 1. The maximum Gasteiger partial charge on any atom is 0.121 e. The van der Waals surface area contributed by atoms with Gasteiger partial charge in [0.05, 0.1) is 5.69 Å². The van der Waals surface area contributed by atoms with Crippen molar-refractivity contribution < 1.29 is 5.11 Å². The predicted molar refractivity (Wildman–Crippen MR) is 67.2 cm³/mol. The molecule has 0 amide bonds. The summed E-state index contributed by atoms with van der Waals surface area (Å²) in [5, 5.41) is 14.0. The number of hydrogen-bond acceptors (Lipinski definition) is 3. The first-order valence-electron chi connectivity index (χ1n) is 4.78. The number of hydrogen-bond donors (Lipinski definition) is 2. The molecule has 0 atom stereocenters. The van der Waals surface area contributed by atoms with Gasteiger partial charge in [-0.1, -0.05) is 15.9 Å². The molecule has 0 saturated heterocycles. The molecule has 3 N–H and O–H groups in total. The molecule has 0 aliphatic carbocycles. The summed E-state index contributed by atoms with van der Waals surface area (Å²) in [6.45, 7) is 1.84. The number of benzene rings is 1. The van der Waals surface area contributed by atoms with E-state index in [1.807, 2.05) is 13.0 Å². The molecular formula is C11H12BrN3O. The van der Waals surface area contributed by atoms with Crippen molar-refractivity contribution in [1.29, 1.82) is 0 Å². The van der Waals surface area contributed by atoms with Crippen LogP contribution >= 0.6 is 15.9 Å². The second kappa shape index (κ2) is 3.83. The number of anilines is 1. The van der Waals surface area contributed by atoms with Crippen molar-refractivity contribution >= 4 is 21.7 Å². The van der Waals surface area contributed by atoms with E-state index < -0.39 is 0 Å². The first-order valence-corrected chi connectivity index (χ1v) is 5.57.